The van der Waals surface area contributed by atoms with Crippen LogP contribution in [0.3, 0.4) is 0 Å². The Balaban J connectivity index is 4.59. The van der Waals surface area contributed by atoms with Crippen molar-refractivity contribution in [2.75, 3.05) is 0 Å². The summed E-state index contributed by atoms with van der Waals surface area (Å²) in [6.07, 6.45) is 3.45. The first-order valence-corrected chi connectivity index (χ1v) is 4.02. The van der Waals surface area contributed by atoms with Gasteiger partial charge in [0.25, 0.3) is 0 Å². The van der Waals surface area contributed by atoms with Crippen LogP contribution in [0.15, 0.2) is 23.3 Å². The molecule has 0 bridgehead atoms. The molecule has 0 aromatic rings. The average Bonchev–Trinajstić information content (AvgIpc) is 1.84. The average molecular weight is 167 g/mol. The molecule has 0 saturated carbocycles. The molecule has 12 heavy (non-hydrogen) atoms. The van der Waals surface area contributed by atoms with E-state index in [1.165, 1.54) is 0 Å². The number of aliphatic carboxylic acids is 1. The highest BCUT2D eigenvalue weighted by atomic mass is 16.4. The third-order valence-corrected chi connectivity index (χ3v) is 1.41. The number of carboxylic acid groups (broad SMARTS) is 1. The number of carbonyl (C=O) groups is 1. The van der Waals surface area contributed by atoms with Crippen molar-refractivity contribution in [3.8, 4) is 0 Å². The Morgan fingerprint density at radius 2 is 1.83 bits per heavy atom. The van der Waals surface area contributed by atoms with Crippen molar-refractivity contribution in [3.05, 3.63) is 23.3 Å². The zero-order valence-corrected chi connectivity index (χ0v) is 8.05. The molecule has 0 atom stereocenters. The van der Waals surface area contributed by atoms with Crippen LogP contribution >= 0.6 is 0 Å². The van der Waals surface area contributed by atoms with E-state index in [9.17, 15) is 9.90 Å². The minimum absolute atomic E-state index is 0.281. The van der Waals surface area contributed by atoms with Crippen molar-refractivity contribution in [2.24, 2.45) is 5.92 Å². The third kappa shape index (κ3) is 3.96. The lowest BCUT2D eigenvalue weighted by Crippen LogP contribution is -2.24. The molecule has 0 fully saturated rings. The van der Waals surface area contributed by atoms with Gasteiger partial charge in [0, 0.05) is 0 Å². The van der Waals surface area contributed by atoms with Gasteiger partial charge in [-0.3, -0.25) is 0 Å². The molecule has 0 spiro atoms. The largest absolute Gasteiger partial charge is 0.545 e. The van der Waals surface area contributed by atoms with Crippen molar-refractivity contribution < 1.29 is 9.90 Å². The van der Waals surface area contributed by atoms with Crippen LogP contribution in [0.5, 0.6) is 0 Å². The second-order valence-corrected chi connectivity index (χ2v) is 3.30. The third-order valence-electron chi connectivity index (χ3n) is 1.41. The lowest BCUT2D eigenvalue weighted by molar-refractivity contribution is -0.298. The molecule has 0 aromatic heterocycles. The zero-order valence-electron chi connectivity index (χ0n) is 8.05. The Morgan fingerprint density at radius 1 is 1.33 bits per heavy atom. The summed E-state index contributed by atoms with van der Waals surface area (Å²) in [5.41, 5.74) is 1.05. The Bertz CT molecular complexity index is 218. The lowest BCUT2D eigenvalue weighted by Gasteiger charge is -2.05. The molecule has 0 aliphatic heterocycles. The van der Waals surface area contributed by atoms with Crippen LogP contribution in [0.2, 0.25) is 0 Å². The Labute approximate surface area is 73.6 Å². The standard InChI is InChI=1S/C10H16O2/c1-7(2)5-6-9(8(3)4)10(11)12/h5-7H,1-4H3,(H,11,12)/p-1/b6-5+. The molecule has 0 aliphatic rings. The molecule has 0 heterocycles. The van der Waals surface area contributed by atoms with E-state index in [1.807, 2.05) is 19.9 Å². The highest BCUT2D eigenvalue weighted by Gasteiger charge is 1.95. The molecule has 2 nitrogen and oxygen atoms in total. The van der Waals surface area contributed by atoms with E-state index in [0.29, 0.717) is 5.92 Å². The number of hydrogen-bond acceptors (Lipinski definition) is 2. The maximum Gasteiger partial charge on any atom is 0.0714 e. The summed E-state index contributed by atoms with van der Waals surface area (Å²) < 4.78 is 0. The first-order valence-electron chi connectivity index (χ1n) is 4.02. The van der Waals surface area contributed by atoms with Crippen LogP contribution in [0.25, 0.3) is 0 Å². The van der Waals surface area contributed by atoms with Gasteiger partial charge < -0.3 is 9.90 Å². The molecule has 68 valence electrons. The predicted molar refractivity (Wildman–Crippen MR) is 47.4 cm³/mol. The topological polar surface area (TPSA) is 40.1 Å². The SMILES string of the molecule is CC(C)=C(/C=C/C(C)C)C(=O)[O-]. The smallest absolute Gasteiger partial charge is 0.0714 e. The molecular weight excluding hydrogens is 152 g/mol. The molecular formula is C10H15O2-. The summed E-state index contributed by atoms with van der Waals surface area (Å²) in [5, 5.41) is 10.5. The monoisotopic (exact) mass is 167 g/mol. The highest BCUT2D eigenvalue weighted by Crippen LogP contribution is 2.06. The maximum atomic E-state index is 10.5. The summed E-state index contributed by atoms with van der Waals surface area (Å²) in [6, 6.07) is 0. The fourth-order valence-electron chi connectivity index (χ4n) is 0.728. The van der Waals surface area contributed by atoms with Crippen LogP contribution in [0.1, 0.15) is 27.7 Å². The normalized spacial score (nSPS) is 10.8. The van der Waals surface area contributed by atoms with Gasteiger partial charge >= 0.3 is 0 Å². The van der Waals surface area contributed by atoms with Crippen molar-refractivity contribution in [2.45, 2.75) is 27.7 Å². The summed E-state index contributed by atoms with van der Waals surface area (Å²) in [7, 11) is 0. The minimum atomic E-state index is -1.10. The van der Waals surface area contributed by atoms with E-state index in [-0.39, 0.29) is 5.57 Å². The van der Waals surface area contributed by atoms with Gasteiger partial charge in [-0.2, -0.15) is 0 Å². The molecule has 0 rings (SSSR count). The van der Waals surface area contributed by atoms with Gasteiger partial charge in [0.1, 0.15) is 0 Å². The van der Waals surface area contributed by atoms with Gasteiger partial charge in [-0.25, -0.2) is 0 Å². The Hall–Kier alpha value is -1.05. The Kier molecular flexibility index (Phi) is 4.34. The summed E-state index contributed by atoms with van der Waals surface area (Å²) in [6.45, 7) is 7.51. The van der Waals surface area contributed by atoms with Crippen LogP contribution in [0.4, 0.5) is 0 Å². The van der Waals surface area contributed by atoms with Crippen molar-refractivity contribution in [1.29, 1.82) is 0 Å². The molecule has 2 heteroatoms. The lowest BCUT2D eigenvalue weighted by atomic mass is 10.1. The Morgan fingerprint density at radius 3 is 2.08 bits per heavy atom. The van der Waals surface area contributed by atoms with Crippen LogP contribution in [-0.4, -0.2) is 5.97 Å². The molecule has 0 radical (unpaired) electrons. The van der Waals surface area contributed by atoms with Gasteiger partial charge in [-0.1, -0.05) is 31.6 Å². The van der Waals surface area contributed by atoms with Gasteiger partial charge in [0.15, 0.2) is 0 Å². The van der Waals surface area contributed by atoms with Gasteiger partial charge in [-0.05, 0) is 25.3 Å². The minimum Gasteiger partial charge on any atom is -0.545 e. The number of rotatable bonds is 3. The van der Waals surface area contributed by atoms with Crippen molar-refractivity contribution in [3.63, 3.8) is 0 Å². The first kappa shape index (κ1) is 11.0. The predicted octanol–water partition coefficient (Wildman–Crippen LogP) is 1.28. The fourth-order valence-corrected chi connectivity index (χ4v) is 0.728. The number of hydrogen-bond donors (Lipinski definition) is 0. The molecule has 0 aliphatic carbocycles. The van der Waals surface area contributed by atoms with E-state index >= 15 is 0 Å². The molecule has 0 N–H and O–H groups in total. The van der Waals surface area contributed by atoms with E-state index in [4.69, 9.17) is 0 Å². The van der Waals surface area contributed by atoms with Crippen molar-refractivity contribution in [1.82, 2.24) is 0 Å². The summed E-state index contributed by atoms with van der Waals surface area (Å²) in [4.78, 5) is 10.5. The molecule has 0 aromatic carbocycles. The van der Waals surface area contributed by atoms with Gasteiger partial charge in [0.2, 0.25) is 0 Å². The molecule has 0 unspecified atom stereocenters. The molecule has 0 amide bonds. The van der Waals surface area contributed by atoms with Gasteiger partial charge in [-0.15, -0.1) is 0 Å². The van der Waals surface area contributed by atoms with Crippen LogP contribution in [-0.2, 0) is 4.79 Å². The number of carboxylic acids is 1. The quantitative estimate of drug-likeness (QED) is 0.469. The summed E-state index contributed by atoms with van der Waals surface area (Å²) in [5.74, 6) is -0.745. The van der Waals surface area contributed by atoms with Crippen LogP contribution in [0, 0.1) is 5.92 Å². The highest BCUT2D eigenvalue weighted by molar-refractivity contribution is 5.88. The second-order valence-electron chi connectivity index (χ2n) is 3.30. The first-order chi connectivity index (χ1) is 5.45. The van der Waals surface area contributed by atoms with E-state index < -0.39 is 5.97 Å². The zero-order chi connectivity index (χ0) is 9.72. The fraction of sp³-hybridized carbons (Fsp3) is 0.500. The second kappa shape index (κ2) is 4.75. The van der Waals surface area contributed by atoms with E-state index in [1.54, 1.807) is 19.9 Å². The van der Waals surface area contributed by atoms with E-state index in [0.717, 1.165) is 5.57 Å². The maximum absolute atomic E-state index is 10.5. The molecule has 0 saturated heterocycles. The van der Waals surface area contributed by atoms with E-state index in [2.05, 4.69) is 0 Å². The van der Waals surface area contributed by atoms with Crippen LogP contribution < -0.4 is 5.11 Å². The van der Waals surface area contributed by atoms with Gasteiger partial charge in [0.05, 0.1) is 5.97 Å². The van der Waals surface area contributed by atoms with Crippen molar-refractivity contribution >= 4 is 5.97 Å². The number of allylic oxidation sites excluding steroid dienone is 2. The number of carbonyl (C=O) groups excluding carboxylic acids is 1. The summed E-state index contributed by atoms with van der Waals surface area (Å²) >= 11 is 0.